The summed E-state index contributed by atoms with van der Waals surface area (Å²) < 4.78 is 24.3. The number of methoxy groups -OCH3 is 1. The Balaban J connectivity index is 0.00000300. The lowest BCUT2D eigenvalue weighted by molar-refractivity contribution is 0.0179. The van der Waals surface area contributed by atoms with E-state index in [0.717, 1.165) is 18.7 Å². The molecule has 6 nitrogen and oxygen atoms in total. The summed E-state index contributed by atoms with van der Waals surface area (Å²) >= 11 is 6.14. The Kier molecular flexibility index (Phi) is 9.41. The van der Waals surface area contributed by atoms with Crippen LogP contribution in [0.5, 0.6) is 5.75 Å². The van der Waals surface area contributed by atoms with E-state index >= 15 is 0 Å². The van der Waals surface area contributed by atoms with Crippen LogP contribution in [-0.2, 0) is 4.74 Å². The molecule has 1 unspecified atom stereocenters. The van der Waals surface area contributed by atoms with Crippen LogP contribution in [-0.4, -0.2) is 50.8 Å². The van der Waals surface area contributed by atoms with Crippen molar-refractivity contribution in [2.45, 2.75) is 6.04 Å². The monoisotopic (exact) mass is 534 g/mol. The largest absolute Gasteiger partial charge is 0.495 e. The van der Waals surface area contributed by atoms with Crippen molar-refractivity contribution in [2.75, 3.05) is 45.3 Å². The molecule has 0 bridgehead atoms. The lowest BCUT2D eigenvalue weighted by Gasteiger charge is -2.34. The number of nitrogens with one attached hydrogen (secondary N) is 1. The van der Waals surface area contributed by atoms with Crippen molar-refractivity contribution < 1.29 is 13.9 Å². The van der Waals surface area contributed by atoms with E-state index in [9.17, 15) is 4.39 Å². The number of anilines is 1. The first-order valence-electron chi connectivity index (χ1n) is 9.04. The first-order chi connectivity index (χ1) is 13.6. The van der Waals surface area contributed by atoms with Gasteiger partial charge in [0, 0.05) is 18.8 Å². The van der Waals surface area contributed by atoms with Crippen LogP contribution < -0.4 is 15.8 Å². The molecule has 1 aliphatic rings. The molecule has 0 aromatic heterocycles. The van der Waals surface area contributed by atoms with Gasteiger partial charge in [-0.1, -0.05) is 23.7 Å². The minimum absolute atomic E-state index is 0. The minimum atomic E-state index is -0.265. The zero-order valence-electron chi connectivity index (χ0n) is 16.1. The zero-order valence-corrected chi connectivity index (χ0v) is 19.2. The van der Waals surface area contributed by atoms with Crippen molar-refractivity contribution in [1.29, 1.82) is 0 Å². The predicted octanol–water partition coefficient (Wildman–Crippen LogP) is 3.91. The Hall–Kier alpha value is -1.62. The number of hydrogen-bond acceptors (Lipinski definition) is 4. The number of hydrogen-bond donors (Lipinski definition) is 2. The summed E-state index contributed by atoms with van der Waals surface area (Å²) in [7, 11) is 1.56. The number of halogens is 3. The molecule has 1 heterocycles. The molecule has 2 aromatic rings. The van der Waals surface area contributed by atoms with Gasteiger partial charge in [0.05, 0.1) is 37.9 Å². The molecule has 2 aromatic carbocycles. The minimum Gasteiger partial charge on any atom is -0.495 e. The van der Waals surface area contributed by atoms with Crippen LogP contribution in [0.4, 0.5) is 10.1 Å². The molecule has 0 radical (unpaired) electrons. The van der Waals surface area contributed by atoms with Gasteiger partial charge < -0.3 is 20.5 Å². The molecular weight excluding hydrogens is 510 g/mol. The molecule has 3 rings (SSSR count). The van der Waals surface area contributed by atoms with E-state index in [2.05, 4.69) is 15.2 Å². The van der Waals surface area contributed by atoms with Crippen molar-refractivity contribution >= 4 is 47.2 Å². The topological polar surface area (TPSA) is 72.1 Å². The molecule has 1 saturated heterocycles. The standard InChI is InChI=1S/C20H24ClFN4O2.HI/c1-27-19-6-5-16(12-17(19)21)25-20(23)24-13-18(26-7-9-28-10-8-26)14-3-2-4-15(22)11-14;/h2-6,11-12,18H,7-10,13H2,1H3,(H3,23,24,25);1H. The molecule has 0 amide bonds. The van der Waals surface area contributed by atoms with E-state index in [-0.39, 0.29) is 41.8 Å². The third kappa shape index (κ3) is 6.70. The molecule has 0 spiro atoms. The highest BCUT2D eigenvalue weighted by Crippen LogP contribution is 2.27. The summed E-state index contributed by atoms with van der Waals surface area (Å²) in [5, 5.41) is 3.50. The Labute approximate surface area is 192 Å². The number of benzene rings is 2. The van der Waals surface area contributed by atoms with Crippen molar-refractivity contribution in [3.8, 4) is 5.75 Å². The Bertz CT molecular complexity index is 834. The van der Waals surface area contributed by atoms with Crippen LogP contribution in [0.2, 0.25) is 5.02 Å². The second kappa shape index (κ2) is 11.5. The molecule has 1 atom stereocenters. The summed E-state index contributed by atoms with van der Waals surface area (Å²) in [6, 6.07) is 11.8. The number of rotatable bonds is 6. The number of nitrogens with two attached hydrogens (primary N) is 1. The van der Waals surface area contributed by atoms with Gasteiger partial charge in [-0.25, -0.2) is 4.39 Å². The maximum Gasteiger partial charge on any atom is 0.193 e. The van der Waals surface area contributed by atoms with Crippen LogP contribution in [0, 0.1) is 5.82 Å². The quantitative estimate of drug-likeness (QED) is 0.334. The zero-order chi connectivity index (χ0) is 19.9. The van der Waals surface area contributed by atoms with Crippen LogP contribution >= 0.6 is 35.6 Å². The number of nitrogens with zero attached hydrogens (tertiary/aromatic N) is 2. The first kappa shape index (κ1) is 23.7. The smallest absolute Gasteiger partial charge is 0.193 e. The van der Waals surface area contributed by atoms with Gasteiger partial charge in [0.2, 0.25) is 0 Å². The summed E-state index contributed by atoms with van der Waals surface area (Å²) in [5.41, 5.74) is 7.64. The lowest BCUT2D eigenvalue weighted by atomic mass is 10.0. The van der Waals surface area contributed by atoms with Gasteiger partial charge in [0.1, 0.15) is 11.6 Å². The van der Waals surface area contributed by atoms with Crippen LogP contribution in [0.1, 0.15) is 11.6 Å². The fraction of sp³-hybridized carbons (Fsp3) is 0.350. The Morgan fingerprint density at radius 2 is 2.07 bits per heavy atom. The molecule has 1 fully saturated rings. The average molecular weight is 535 g/mol. The highest BCUT2D eigenvalue weighted by atomic mass is 127. The molecule has 1 aliphatic heterocycles. The number of guanidine groups is 1. The fourth-order valence-electron chi connectivity index (χ4n) is 3.15. The summed E-state index contributed by atoms with van der Waals surface area (Å²) in [6.07, 6.45) is 0. The molecule has 9 heteroatoms. The Morgan fingerprint density at radius 3 is 2.72 bits per heavy atom. The van der Waals surface area contributed by atoms with Gasteiger partial charge in [-0.2, -0.15) is 0 Å². The predicted molar refractivity (Wildman–Crippen MR) is 125 cm³/mol. The Morgan fingerprint density at radius 1 is 1.31 bits per heavy atom. The van der Waals surface area contributed by atoms with Gasteiger partial charge in [-0.3, -0.25) is 9.89 Å². The molecule has 0 saturated carbocycles. The van der Waals surface area contributed by atoms with Crippen LogP contribution in [0.3, 0.4) is 0 Å². The SMILES string of the molecule is COc1ccc(NC(N)=NCC(c2cccc(F)c2)N2CCOCC2)cc1Cl.I. The molecule has 158 valence electrons. The van der Waals surface area contributed by atoms with Crippen molar-refractivity contribution in [3.05, 3.63) is 58.9 Å². The second-order valence-electron chi connectivity index (χ2n) is 6.42. The first-order valence-corrected chi connectivity index (χ1v) is 9.42. The molecular formula is C20H25ClFIN4O2. The van der Waals surface area contributed by atoms with Gasteiger partial charge in [0.15, 0.2) is 5.96 Å². The lowest BCUT2D eigenvalue weighted by Crippen LogP contribution is -2.40. The highest BCUT2D eigenvalue weighted by molar-refractivity contribution is 14.0. The van der Waals surface area contributed by atoms with E-state index in [1.807, 2.05) is 6.07 Å². The molecule has 3 N–H and O–H groups in total. The fourth-order valence-corrected chi connectivity index (χ4v) is 3.41. The van der Waals surface area contributed by atoms with E-state index in [4.69, 9.17) is 26.8 Å². The van der Waals surface area contributed by atoms with Crippen molar-refractivity contribution in [3.63, 3.8) is 0 Å². The molecule has 0 aliphatic carbocycles. The summed E-state index contributed by atoms with van der Waals surface area (Å²) in [4.78, 5) is 6.71. The van der Waals surface area contributed by atoms with E-state index < -0.39 is 0 Å². The maximum absolute atomic E-state index is 13.7. The number of ether oxygens (including phenoxy) is 2. The average Bonchev–Trinajstić information content (AvgIpc) is 2.69. The number of morpholine rings is 1. The van der Waals surface area contributed by atoms with Crippen molar-refractivity contribution in [1.82, 2.24) is 4.90 Å². The normalized spacial score (nSPS) is 16.0. The van der Waals surface area contributed by atoms with Gasteiger partial charge in [-0.15, -0.1) is 24.0 Å². The third-order valence-corrected chi connectivity index (χ3v) is 4.87. The second-order valence-corrected chi connectivity index (χ2v) is 6.83. The van der Waals surface area contributed by atoms with Crippen LogP contribution in [0.25, 0.3) is 0 Å². The highest BCUT2D eigenvalue weighted by Gasteiger charge is 2.23. The summed E-state index contributed by atoms with van der Waals surface area (Å²) in [6.45, 7) is 3.21. The maximum atomic E-state index is 13.7. The van der Waals surface area contributed by atoms with E-state index in [1.54, 1.807) is 37.4 Å². The van der Waals surface area contributed by atoms with Gasteiger partial charge in [0.25, 0.3) is 0 Å². The van der Waals surface area contributed by atoms with E-state index in [0.29, 0.717) is 36.2 Å². The van der Waals surface area contributed by atoms with E-state index in [1.165, 1.54) is 6.07 Å². The van der Waals surface area contributed by atoms with Crippen molar-refractivity contribution in [2.24, 2.45) is 10.7 Å². The summed E-state index contributed by atoms with van der Waals surface area (Å²) in [5.74, 6) is 0.579. The van der Waals surface area contributed by atoms with Gasteiger partial charge in [-0.05, 0) is 35.9 Å². The van der Waals surface area contributed by atoms with Crippen LogP contribution in [0.15, 0.2) is 47.5 Å². The third-order valence-electron chi connectivity index (χ3n) is 4.58. The van der Waals surface area contributed by atoms with Gasteiger partial charge >= 0.3 is 0 Å². The molecule has 29 heavy (non-hydrogen) atoms. The number of aliphatic imine (C=N–C) groups is 1.